The van der Waals surface area contributed by atoms with Crippen molar-refractivity contribution >= 4 is 5.91 Å². The van der Waals surface area contributed by atoms with Crippen molar-refractivity contribution in [2.45, 2.75) is 6.92 Å². The van der Waals surface area contributed by atoms with Crippen LogP contribution in [0.25, 0.3) is 0 Å². The van der Waals surface area contributed by atoms with Gasteiger partial charge in [0.2, 0.25) is 0 Å². The molecule has 106 valence electrons. The van der Waals surface area contributed by atoms with E-state index in [2.05, 4.69) is 23.8 Å². The van der Waals surface area contributed by atoms with Crippen LogP contribution in [0.5, 0.6) is 0 Å². The number of amides is 1. The smallest absolute Gasteiger partial charge is 0.254 e. The predicted molar refractivity (Wildman–Crippen MR) is 78.5 cm³/mol. The summed E-state index contributed by atoms with van der Waals surface area (Å²) in [6, 6.07) is 5.60. The molecule has 1 aliphatic rings. The maximum Gasteiger partial charge on any atom is 0.254 e. The lowest BCUT2D eigenvalue weighted by Gasteiger charge is -2.32. The van der Waals surface area contributed by atoms with E-state index in [0.717, 1.165) is 37.3 Å². The average molecular weight is 272 g/mol. The molecular weight excluding hydrogens is 252 g/mol. The summed E-state index contributed by atoms with van der Waals surface area (Å²) in [4.78, 5) is 16.7. The van der Waals surface area contributed by atoms with Crippen molar-refractivity contribution in [2.24, 2.45) is 0 Å². The van der Waals surface area contributed by atoms with Crippen molar-refractivity contribution in [3.8, 4) is 11.8 Å². The maximum absolute atomic E-state index is 12.6. The molecule has 1 fully saturated rings. The minimum atomic E-state index is -0.171. The zero-order valence-electron chi connectivity index (χ0n) is 12.0. The Hall–Kier alpha value is -1.83. The van der Waals surface area contributed by atoms with E-state index < -0.39 is 0 Å². The Morgan fingerprint density at radius 2 is 2.00 bits per heavy atom. The third-order valence-corrected chi connectivity index (χ3v) is 3.57. The van der Waals surface area contributed by atoms with Crippen LogP contribution in [0.15, 0.2) is 18.2 Å². The molecule has 1 aliphatic heterocycles. The minimum Gasteiger partial charge on any atom is -0.384 e. The predicted octanol–water partition coefficient (Wildman–Crippen LogP) is 0.726. The highest BCUT2D eigenvalue weighted by Crippen LogP contribution is 2.14. The lowest BCUT2D eigenvalue weighted by molar-refractivity contribution is 0.0663. The minimum absolute atomic E-state index is 0.0725. The number of nitrogens with zero attached hydrogens (tertiary/aromatic N) is 2. The van der Waals surface area contributed by atoms with Gasteiger partial charge in [0, 0.05) is 37.3 Å². The van der Waals surface area contributed by atoms with Crippen LogP contribution < -0.4 is 0 Å². The van der Waals surface area contributed by atoms with Gasteiger partial charge in [-0.05, 0) is 31.7 Å². The highest BCUT2D eigenvalue weighted by Gasteiger charge is 2.21. The summed E-state index contributed by atoms with van der Waals surface area (Å²) in [5, 5.41) is 8.74. The van der Waals surface area contributed by atoms with Gasteiger partial charge in [-0.15, -0.1) is 0 Å². The molecule has 1 heterocycles. The first-order valence-corrected chi connectivity index (χ1v) is 6.80. The number of aliphatic hydroxyl groups excluding tert-OH is 1. The molecule has 20 heavy (non-hydrogen) atoms. The van der Waals surface area contributed by atoms with E-state index in [9.17, 15) is 4.79 Å². The van der Waals surface area contributed by atoms with Crippen molar-refractivity contribution in [1.82, 2.24) is 9.80 Å². The highest BCUT2D eigenvalue weighted by atomic mass is 16.2. The Kier molecular flexibility index (Phi) is 4.78. The molecule has 0 aliphatic carbocycles. The van der Waals surface area contributed by atoms with Gasteiger partial charge in [0.25, 0.3) is 5.91 Å². The monoisotopic (exact) mass is 272 g/mol. The third kappa shape index (κ3) is 3.38. The number of aryl methyl sites for hydroxylation is 1. The molecule has 1 N–H and O–H groups in total. The van der Waals surface area contributed by atoms with Gasteiger partial charge in [0.05, 0.1) is 0 Å². The van der Waals surface area contributed by atoms with E-state index in [1.807, 2.05) is 30.0 Å². The summed E-state index contributed by atoms with van der Waals surface area (Å²) >= 11 is 0. The number of rotatable bonds is 1. The maximum atomic E-state index is 12.6. The van der Waals surface area contributed by atoms with Gasteiger partial charge in [0.1, 0.15) is 6.61 Å². The van der Waals surface area contributed by atoms with E-state index >= 15 is 0 Å². The number of likely N-dealkylation sites (N-methyl/N-ethyl adjacent to an activating group) is 1. The van der Waals surface area contributed by atoms with Crippen molar-refractivity contribution < 1.29 is 9.90 Å². The van der Waals surface area contributed by atoms with Crippen LogP contribution in [0.4, 0.5) is 0 Å². The molecular formula is C16H20N2O2. The highest BCUT2D eigenvalue weighted by molar-refractivity contribution is 5.96. The summed E-state index contributed by atoms with van der Waals surface area (Å²) in [7, 11) is 2.07. The molecule has 1 aromatic rings. The summed E-state index contributed by atoms with van der Waals surface area (Å²) in [6.07, 6.45) is 0. The second kappa shape index (κ2) is 6.56. The van der Waals surface area contributed by atoms with Gasteiger partial charge in [-0.1, -0.05) is 17.9 Å². The van der Waals surface area contributed by atoms with Crippen molar-refractivity contribution in [2.75, 3.05) is 39.8 Å². The fourth-order valence-corrected chi connectivity index (χ4v) is 2.25. The Balaban J connectivity index is 2.20. The molecule has 2 rings (SSSR count). The molecule has 0 radical (unpaired) electrons. The third-order valence-electron chi connectivity index (χ3n) is 3.57. The molecule has 0 aromatic heterocycles. The number of piperazine rings is 1. The van der Waals surface area contributed by atoms with E-state index in [1.54, 1.807) is 0 Å². The molecule has 1 amide bonds. The van der Waals surface area contributed by atoms with E-state index in [0.29, 0.717) is 5.56 Å². The molecule has 0 unspecified atom stereocenters. The number of carbonyl (C=O) groups is 1. The van der Waals surface area contributed by atoms with Gasteiger partial charge in [0.15, 0.2) is 0 Å². The number of aliphatic hydroxyl groups is 1. The summed E-state index contributed by atoms with van der Waals surface area (Å²) in [5.41, 5.74) is 2.44. The first kappa shape index (κ1) is 14.6. The molecule has 0 atom stereocenters. The number of benzene rings is 1. The molecule has 0 spiro atoms. The second-order valence-corrected chi connectivity index (χ2v) is 5.09. The summed E-state index contributed by atoms with van der Waals surface area (Å²) in [6.45, 7) is 5.12. The second-order valence-electron chi connectivity index (χ2n) is 5.09. The molecule has 0 saturated carbocycles. The number of carbonyl (C=O) groups excluding carboxylic acids is 1. The Morgan fingerprint density at radius 3 is 2.65 bits per heavy atom. The number of hydrogen-bond acceptors (Lipinski definition) is 3. The van der Waals surface area contributed by atoms with Gasteiger partial charge >= 0.3 is 0 Å². The van der Waals surface area contributed by atoms with Gasteiger partial charge in [-0.25, -0.2) is 0 Å². The van der Waals surface area contributed by atoms with Gasteiger partial charge in [-0.2, -0.15) is 0 Å². The summed E-state index contributed by atoms with van der Waals surface area (Å²) < 4.78 is 0. The Labute approximate surface area is 120 Å². The van der Waals surface area contributed by atoms with Crippen LogP contribution in [0.2, 0.25) is 0 Å². The normalized spacial score (nSPS) is 15.7. The topological polar surface area (TPSA) is 43.8 Å². The quantitative estimate of drug-likeness (QED) is 0.766. The van der Waals surface area contributed by atoms with Crippen molar-refractivity contribution in [3.05, 3.63) is 34.9 Å². The van der Waals surface area contributed by atoms with E-state index in [1.165, 1.54) is 0 Å². The van der Waals surface area contributed by atoms with E-state index in [4.69, 9.17) is 5.11 Å². The first-order chi connectivity index (χ1) is 9.61. The van der Waals surface area contributed by atoms with Crippen molar-refractivity contribution in [3.63, 3.8) is 0 Å². The zero-order valence-corrected chi connectivity index (χ0v) is 12.0. The van der Waals surface area contributed by atoms with Crippen LogP contribution >= 0.6 is 0 Å². The van der Waals surface area contributed by atoms with Crippen LogP contribution in [0.1, 0.15) is 21.5 Å². The van der Waals surface area contributed by atoms with Crippen LogP contribution in [-0.4, -0.2) is 60.6 Å². The SMILES string of the molecule is Cc1ccc(C#CCO)cc1C(=O)N1CCN(C)CC1. The zero-order chi connectivity index (χ0) is 14.5. The summed E-state index contributed by atoms with van der Waals surface area (Å²) in [5.74, 6) is 5.53. The van der Waals surface area contributed by atoms with Gasteiger partial charge < -0.3 is 14.9 Å². The molecule has 1 saturated heterocycles. The fraction of sp³-hybridized carbons (Fsp3) is 0.438. The standard InChI is InChI=1S/C16H20N2O2/c1-13-5-6-14(4-3-11-19)12-15(13)16(20)18-9-7-17(2)8-10-18/h5-6,12,19H,7-11H2,1-2H3. The van der Waals surface area contributed by atoms with E-state index in [-0.39, 0.29) is 12.5 Å². The first-order valence-electron chi connectivity index (χ1n) is 6.80. The van der Waals surface area contributed by atoms with Crippen LogP contribution in [-0.2, 0) is 0 Å². The largest absolute Gasteiger partial charge is 0.384 e. The molecule has 0 bridgehead atoms. The van der Waals surface area contributed by atoms with Crippen molar-refractivity contribution in [1.29, 1.82) is 0 Å². The molecule has 1 aromatic carbocycles. The lowest BCUT2D eigenvalue weighted by Crippen LogP contribution is -2.47. The Morgan fingerprint density at radius 1 is 1.30 bits per heavy atom. The average Bonchev–Trinajstić information content (AvgIpc) is 2.46. The molecule has 4 nitrogen and oxygen atoms in total. The fourth-order valence-electron chi connectivity index (χ4n) is 2.25. The van der Waals surface area contributed by atoms with Crippen LogP contribution in [0.3, 0.4) is 0 Å². The number of hydrogen-bond donors (Lipinski definition) is 1. The van der Waals surface area contributed by atoms with Crippen LogP contribution in [0, 0.1) is 18.8 Å². The lowest BCUT2D eigenvalue weighted by atomic mass is 10.0. The van der Waals surface area contributed by atoms with Gasteiger partial charge in [-0.3, -0.25) is 4.79 Å². The molecule has 4 heteroatoms. The Bertz CT molecular complexity index is 549.